The molecule has 0 radical (unpaired) electrons. The first kappa shape index (κ1) is 19.1. The van der Waals surface area contributed by atoms with Gasteiger partial charge in [0.05, 0.1) is 16.9 Å². The highest BCUT2D eigenvalue weighted by atomic mass is 32.2. The van der Waals surface area contributed by atoms with Gasteiger partial charge in [-0.3, -0.25) is 4.72 Å². The van der Waals surface area contributed by atoms with Crippen LogP contribution in [0.2, 0.25) is 0 Å². The van der Waals surface area contributed by atoms with Gasteiger partial charge < -0.3 is 9.47 Å². The Kier molecular flexibility index (Phi) is 6.25. The van der Waals surface area contributed by atoms with Gasteiger partial charge in [-0.05, 0) is 36.4 Å². The molecular formula is C18H17FN2O4S2. The van der Waals surface area contributed by atoms with E-state index in [1.54, 1.807) is 29.8 Å². The van der Waals surface area contributed by atoms with Crippen LogP contribution in [0.5, 0.6) is 11.5 Å². The summed E-state index contributed by atoms with van der Waals surface area (Å²) in [5.74, 6) is 0.170. The number of para-hydroxylation sites is 2. The lowest BCUT2D eigenvalue weighted by molar-refractivity contribution is 0.304. The molecule has 0 aliphatic rings. The third-order valence-corrected chi connectivity index (χ3v) is 5.32. The van der Waals surface area contributed by atoms with Crippen molar-refractivity contribution in [1.29, 1.82) is 0 Å². The van der Waals surface area contributed by atoms with Crippen LogP contribution in [0.3, 0.4) is 0 Å². The van der Waals surface area contributed by atoms with E-state index in [1.807, 2.05) is 5.38 Å². The zero-order valence-electron chi connectivity index (χ0n) is 14.2. The van der Waals surface area contributed by atoms with Crippen molar-refractivity contribution in [2.75, 3.05) is 17.1 Å². The summed E-state index contributed by atoms with van der Waals surface area (Å²) in [5.41, 5.74) is 2.81. The molecule has 0 amide bonds. The number of hydrogen-bond donors (Lipinski definition) is 1. The Balaban J connectivity index is 1.57. The predicted molar refractivity (Wildman–Crippen MR) is 102 cm³/mol. The zero-order valence-corrected chi connectivity index (χ0v) is 15.8. The van der Waals surface area contributed by atoms with Crippen LogP contribution in [-0.4, -0.2) is 25.8 Å². The minimum absolute atomic E-state index is 0.0667. The summed E-state index contributed by atoms with van der Waals surface area (Å²) >= 11 is 1.46. The molecule has 0 saturated heterocycles. The van der Waals surface area contributed by atoms with Gasteiger partial charge in [0.1, 0.15) is 36.3 Å². The van der Waals surface area contributed by atoms with Crippen molar-refractivity contribution in [3.8, 4) is 11.5 Å². The minimum Gasteiger partial charge on any atom is -0.492 e. The summed E-state index contributed by atoms with van der Waals surface area (Å²) in [6.07, 6.45) is 0. The number of hydrogen-bond acceptors (Lipinski definition) is 6. The van der Waals surface area contributed by atoms with E-state index >= 15 is 0 Å². The van der Waals surface area contributed by atoms with E-state index < -0.39 is 10.0 Å². The quantitative estimate of drug-likeness (QED) is 0.584. The Morgan fingerprint density at radius 3 is 2.59 bits per heavy atom. The average Bonchev–Trinajstić information content (AvgIpc) is 3.16. The molecule has 3 rings (SSSR count). The lowest BCUT2D eigenvalue weighted by Gasteiger charge is -2.13. The number of ether oxygens (including phenoxy) is 2. The fourth-order valence-electron chi connectivity index (χ4n) is 2.16. The second kappa shape index (κ2) is 8.83. The lowest BCUT2D eigenvalue weighted by Crippen LogP contribution is -2.21. The number of nitrogens with zero attached hydrogens (tertiary/aromatic N) is 1. The number of sulfonamides is 1. The number of anilines is 1. The van der Waals surface area contributed by atoms with Crippen LogP contribution in [0, 0.1) is 5.82 Å². The first-order valence-corrected chi connectivity index (χ1v) is 10.6. The van der Waals surface area contributed by atoms with Gasteiger partial charge in [-0.1, -0.05) is 12.1 Å². The third-order valence-electron chi connectivity index (χ3n) is 3.45. The van der Waals surface area contributed by atoms with Crippen LogP contribution in [0.15, 0.2) is 59.4 Å². The summed E-state index contributed by atoms with van der Waals surface area (Å²) in [6.45, 7) is 0.179. The molecule has 3 aromatic rings. The Morgan fingerprint density at radius 2 is 1.85 bits per heavy atom. The smallest absolute Gasteiger partial charge is 0.236 e. The molecule has 1 heterocycles. The SMILES string of the molecule is O=S(=O)(CCOc1ccc(F)cc1)Nc1ccccc1OCc1cscn1. The summed E-state index contributed by atoms with van der Waals surface area (Å²) in [6, 6.07) is 12.1. The van der Waals surface area contributed by atoms with Crippen LogP contribution < -0.4 is 14.2 Å². The minimum atomic E-state index is -3.65. The Labute approximate surface area is 160 Å². The van der Waals surface area contributed by atoms with E-state index in [9.17, 15) is 12.8 Å². The maximum Gasteiger partial charge on any atom is 0.236 e. The molecule has 27 heavy (non-hydrogen) atoms. The molecule has 6 nitrogen and oxygen atoms in total. The van der Waals surface area contributed by atoms with Crippen LogP contribution in [-0.2, 0) is 16.6 Å². The standard InChI is InChI=1S/C18H17FN2O4S2/c19-14-5-7-16(8-6-14)24-9-10-27(22,23)21-17-3-1-2-4-18(17)25-11-15-12-26-13-20-15/h1-8,12-13,21H,9-11H2. The van der Waals surface area contributed by atoms with Crippen molar-refractivity contribution in [3.63, 3.8) is 0 Å². The molecule has 0 spiro atoms. The molecule has 2 aromatic carbocycles. The fraction of sp³-hybridized carbons (Fsp3) is 0.167. The molecule has 9 heteroatoms. The first-order valence-electron chi connectivity index (χ1n) is 7.99. The molecule has 0 unspecified atom stereocenters. The van der Waals surface area contributed by atoms with Gasteiger partial charge in [0.2, 0.25) is 10.0 Å². The summed E-state index contributed by atoms with van der Waals surface area (Å²) in [7, 11) is -3.65. The number of rotatable bonds is 9. The molecule has 1 N–H and O–H groups in total. The van der Waals surface area contributed by atoms with Crippen molar-refractivity contribution < 1.29 is 22.3 Å². The normalized spacial score (nSPS) is 11.1. The predicted octanol–water partition coefficient (Wildman–Crippen LogP) is 3.68. The number of halogens is 1. The number of thiazole rings is 1. The molecule has 142 valence electrons. The van der Waals surface area contributed by atoms with Crippen molar-refractivity contribution >= 4 is 27.0 Å². The first-order chi connectivity index (χ1) is 13.0. The Hall–Kier alpha value is -2.65. The number of benzene rings is 2. The monoisotopic (exact) mass is 408 g/mol. The van der Waals surface area contributed by atoms with E-state index in [1.165, 1.54) is 35.6 Å². The lowest BCUT2D eigenvalue weighted by atomic mass is 10.3. The van der Waals surface area contributed by atoms with Crippen LogP contribution in [0.25, 0.3) is 0 Å². The van der Waals surface area contributed by atoms with Gasteiger partial charge in [-0.25, -0.2) is 17.8 Å². The molecular weight excluding hydrogens is 391 g/mol. The molecule has 0 bridgehead atoms. The van der Waals surface area contributed by atoms with Crippen LogP contribution >= 0.6 is 11.3 Å². The van der Waals surface area contributed by atoms with E-state index in [0.29, 0.717) is 17.2 Å². The topological polar surface area (TPSA) is 77.5 Å². The third kappa shape index (κ3) is 5.93. The Bertz CT molecular complexity index is 961. The summed E-state index contributed by atoms with van der Waals surface area (Å²) < 4.78 is 51.0. The second-order valence-corrected chi connectivity index (χ2v) is 8.05. The van der Waals surface area contributed by atoms with Gasteiger partial charge >= 0.3 is 0 Å². The van der Waals surface area contributed by atoms with Gasteiger partial charge in [0.15, 0.2) is 0 Å². The van der Waals surface area contributed by atoms with Crippen molar-refractivity contribution in [2.24, 2.45) is 0 Å². The van der Waals surface area contributed by atoms with Gasteiger partial charge in [0.25, 0.3) is 0 Å². The zero-order chi connectivity index (χ0) is 19.1. The van der Waals surface area contributed by atoms with Crippen LogP contribution in [0.1, 0.15) is 5.69 Å². The highest BCUT2D eigenvalue weighted by Gasteiger charge is 2.14. The van der Waals surface area contributed by atoms with Crippen LogP contribution in [0.4, 0.5) is 10.1 Å². The van der Waals surface area contributed by atoms with E-state index in [2.05, 4.69) is 9.71 Å². The highest BCUT2D eigenvalue weighted by molar-refractivity contribution is 7.92. The molecule has 0 fully saturated rings. The van der Waals surface area contributed by atoms with Crippen molar-refractivity contribution in [1.82, 2.24) is 4.98 Å². The molecule has 0 atom stereocenters. The van der Waals surface area contributed by atoms with E-state index in [0.717, 1.165) is 5.69 Å². The van der Waals surface area contributed by atoms with Crippen molar-refractivity contribution in [2.45, 2.75) is 6.61 Å². The van der Waals surface area contributed by atoms with Gasteiger partial charge in [-0.15, -0.1) is 11.3 Å². The maximum absolute atomic E-state index is 12.9. The van der Waals surface area contributed by atoms with Crippen molar-refractivity contribution in [3.05, 3.63) is 70.9 Å². The molecule has 0 aliphatic carbocycles. The highest BCUT2D eigenvalue weighted by Crippen LogP contribution is 2.26. The molecule has 0 aliphatic heterocycles. The second-order valence-electron chi connectivity index (χ2n) is 5.49. The summed E-state index contributed by atoms with van der Waals surface area (Å²) in [4.78, 5) is 4.13. The maximum atomic E-state index is 12.9. The van der Waals surface area contributed by atoms with Gasteiger partial charge in [0, 0.05) is 5.38 Å². The van der Waals surface area contributed by atoms with Gasteiger partial charge in [-0.2, -0.15) is 0 Å². The fourth-order valence-corrected chi connectivity index (χ4v) is 3.61. The van der Waals surface area contributed by atoms with E-state index in [4.69, 9.17) is 9.47 Å². The number of aromatic nitrogens is 1. The van der Waals surface area contributed by atoms with E-state index in [-0.39, 0.29) is 24.8 Å². The Morgan fingerprint density at radius 1 is 1.07 bits per heavy atom. The average molecular weight is 408 g/mol. The number of nitrogens with one attached hydrogen (secondary N) is 1. The molecule has 1 aromatic heterocycles. The molecule has 0 saturated carbocycles. The largest absolute Gasteiger partial charge is 0.492 e. The summed E-state index contributed by atoms with van der Waals surface area (Å²) in [5, 5.41) is 1.86.